The van der Waals surface area contributed by atoms with Gasteiger partial charge in [0.15, 0.2) is 0 Å². The summed E-state index contributed by atoms with van der Waals surface area (Å²) >= 11 is 0. The number of methoxy groups -OCH3 is 1. The summed E-state index contributed by atoms with van der Waals surface area (Å²) in [6.07, 6.45) is 4.42. The van der Waals surface area contributed by atoms with Gasteiger partial charge in [-0.3, -0.25) is 0 Å². The van der Waals surface area contributed by atoms with Crippen LogP contribution in [0.2, 0.25) is 0 Å². The molecule has 1 aromatic heterocycles. The molecule has 0 atom stereocenters. The average molecular weight is 229 g/mol. The molecular weight excluding hydrogens is 210 g/mol. The number of aromatic amines is 1. The van der Waals surface area contributed by atoms with Gasteiger partial charge in [-0.2, -0.15) is 0 Å². The zero-order chi connectivity index (χ0) is 12.3. The number of ether oxygens (including phenoxy) is 1. The lowest BCUT2D eigenvalue weighted by Gasteiger charge is -1.97. The van der Waals surface area contributed by atoms with Crippen molar-refractivity contribution < 1.29 is 4.74 Å². The number of rotatable bonds is 4. The van der Waals surface area contributed by atoms with Crippen LogP contribution in [0, 0.1) is 0 Å². The Balaban J connectivity index is 2.17. The molecule has 0 radical (unpaired) electrons. The van der Waals surface area contributed by atoms with E-state index in [0.717, 1.165) is 18.6 Å². The molecule has 0 aliphatic rings. The Labute approximate surface area is 102 Å². The van der Waals surface area contributed by atoms with Crippen molar-refractivity contribution in [3.8, 4) is 5.75 Å². The molecule has 0 unspecified atom stereocenters. The summed E-state index contributed by atoms with van der Waals surface area (Å²) in [4.78, 5) is 3.44. The molecular formula is C15H19NO. The van der Waals surface area contributed by atoms with Crippen LogP contribution in [0.3, 0.4) is 0 Å². The van der Waals surface area contributed by atoms with Crippen molar-refractivity contribution in [2.75, 3.05) is 7.11 Å². The second-order valence-electron chi connectivity index (χ2n) is 4.57. The van der Waals surface area contributed by atoms with E-state index in [2.05, 4.69) is 43.1 Å². The lowest BCUT2D eigenvalue weighted by Crippen LogP contribution is -1.82. The molecule has 2 rings (SSSR count). The number of hydrogen-bond acceptors (Lipinski definition) is 1. The highest BCUT2D eigenvalue weighted by molar-refractivity contribution is 5.81. The Hall–Kier alpha value is -1.70. The van der Waals surface area contributed by atoms with E-state index in [-0.39, 0.29) is 0 Å². The topological polar surface area (TPSA) is 25.0 Å². The Morgan fingerprint density at radius 2 is 2.12 bits per heavy atom. The zero-order valence-electron chi connectivity index (χ0n) is 10.7. The molecule has 0 bridgehead atoms. The van der Waals surface area contributed by atoms with Crippen molar-refractivity contribution in [2.24, 2.45) is 0 Å². The highest BCUT2D eigenvalue weighted by atomic mass is 16.5. The summed E-state index contributed by atoms with van der Waals surface area (Å²) in [5, 5.41) is 1.22. The molecule has 1 N–H and O–H groups in total. The van der Waals surface area contributed by atoms with Crippen molar-refractivity contribution in [3.63, 3.8) is 0 Å². The smallest absolute Gasteiger partial charge is 0.119 e. The predicted molar refractivity (Wildman–Crippen MR) is 72.6 cm³/mol. The molecule has 0 spiro atoms. The van der Waals surface area contributed by atoms with Gasteiger partial charge in [0.25, 0.3) is 0 Å². The third-order valence-electron chi connectivity index (χ3n) is 2.85. The summed E-state index contributed by atoms with van der Waals surface area (Å²) < 4.78 is 5.22. The van der Waals surface area contributed by atoms with Crippen LogP contribution in [0.15, 0.2) is 35.9 Å². The first kappa shape index (κ1) is 11.8. The van der Waals surface area contributed by atoms with Crippen LogP contribution in [-0.4, -0.2) is 12.1 Å². The number of aromatic nitrogens is 1. The molecule has 17 heavy (non-hydrogen) atoms. The van der Waals surface area contributed by atoms with Crippen LogP contribution in [-0.2, 0) is 6.42 Å². The molecule has 0 aliphatic heterocycles. The highest BCUT2D eigenvalue weighted by Crippen LogP contribution is 2.22. The number of aryl methyl sites for hydroxylation is 1. The molecule has 0 fully saturated rings. The van der Waals surface area contributed by atoms with E-state index in [9.17, 15) is 0 Å². The fourth-order valence-electron chi connectivity index (χ4n) is 1.95. The number of allylic oxidation sites excluding steroid dienone is 2. The average Bonchev–Trinajstić information content (AvgIpc) is 2.69. The van der Waals surface area contributed by atoms with Gasteiger partial charge >= 0.3 is 0 Å². The first-order valence-corrected chi connectivity index (χ1v) is 5.98. The maximum absolute atomic E-state index is 5.22. The lowest BCUT2D eigenvalue weighted by atomic mass is 10.2. The molecule has 0 saturated heterocycles. The van der Waals surface area contributed by atoms with Gasteiger partial charge < -0.3 is 9.72 Å². The van der Waals surface area contributed by atoms with Gasteiger partial charge in [0.1, 0.15) is 5.75 Å². The van der Waals surface area contributed by atoms with E-state index in [4.69, 9.17) is 4.74 Å². The van der Waals surface area contributed by atoms with Crippen LogP contribution in [0.5, 0.6) is 5.75 Å². The molecule has 0 aliphatic carbocycles. The van der Waals surface area contributed by atoms with Gasteiger partial charge in [-0.25, -0.2) is 0 Å². The molecule has 2 nitrogen and oxygen atoms in total. The number of hydrogen-bond donors (Lipinski definition) is 1. The number of fused-ring (bicyclic) bond motifs is 1. The third kappa shape index (κ3) is 2.90. The normalized spacial score (nSPS) is 10.5. The van der Waals surface area contributed by atoms with Gasteiger partial charge in [0.05, 0.1) is 7.11 Å². The van der Waals surface area contributed by atoms with Crippen LogP contribution in [0.1, 0.15) is 26.0 Å². The third-order valence-corrected chi connectivity index (χ3v) is 2.85. The maximum atomic E-state index is 5.22. The first-order valence-electron chi connectivity index (χ1n) is 5.98. The summed E-state index contributed by atoms with van der Waals surface area (Å²) in [7, 11) is 1.70. The van der Waals surface area contributed by atoms with Gasteiger partial charge in [-0.1, -0.05) is 11.6 Å². The fraction of sp³-hybridized carbons (Fsp3) is 0.333. The maximum Gasteiger partial charge on any atom is 0.119 e. The molecule has 90 valence electrons. The Kier molecular flexibility index (Phi) is 3.52. The summed E-state index contributed by atoms with van der Waals surface area (Å²) in [5.41, 5.74) is 3.84. The number of nitrogens with one attached hydrogen (secondary N) is 1. The minimum Gasteiger partial charge on any atom is -0.497 e. The lowest BCUT2D eigenvalue weighted by molar-refractivity contribution is 0.415. The van der Waals surface area contributed by atoms with Crippen LogP contribution in [0.4, 0.5) is 0 Å². The van der Waals surface area contributed by atoms with Gasteiger partial charge in [-0.15, -0.1) is 0 Å². The quantitative estimate of drug-likeness (QED) is 0.785. The van der Waals surface area contributed by atoms with E-state index in [1.165, 1.54) is 22.2 Å². The monoisotopic (exact) mass is 229 g/mol. The van der Waals surface area contributed by atoms with E-state index < -0.39 is 0 Å². The molecule has 2 heteroatoms. The predicted octanol–water partition coefficient (Wildman–Crippen LogP) is 4.08. The van der Waals surface area contributed by atoms with Crippen molar-refractivity contribution in [3.05, 3.63) is 41.6 Å². The van der Waals surface area contributed by atoms with Crippen molar-refractivity contribution in [1.82, 2.24) is 4.98 Å². The van der Waals surface area contributed by atoms with E-state index >= 15 is 0 Å². The summed E-state index contributed by atoms with van der Waals surface area (Å²) in [6.45, 7) is 4.27. The van der Waals surface area contributed by atoms with Crippen molar-refractivity contribution >= 4 is 10.9 Å². The van der Waals surface area contributed by atoms with Crippen LogP contribution in [0.25, 0.3) is 10.9 Å². The summed E-state index contributed by atoms with van der Waals surface area (Å²) in [6, 6.07) is 8.32. The molecule has 1 aromatic carbocycles. The van der Waals surface area contributed by atoms with Gasteiger partial charge in [0, 0.05) is 16.6 Å². The Bertz CT molecular complexity index is 533. The standard InChI is InChI=1S/C15H19NO/c1-11(2)5-4-6-13-9-12-10-14(17-3)7-8-15(12)16-13/h5,7-10,16H,4,6H2,1-3H3. The van der Waals surface area contributed by atoms with Crippen molar-refractivity contribution in [2.45, 2.75) is 26.7 Å². The highest BCUT2D eigenvalue weighted by Gasteiger charge is 2.01. The molecule has 0 saturated carbocycles. The minimum absolute atomic E-state index is 0.910. The number of benzene rings is 1. The molecule has 0 amide bonds. The van der Waals surface area contributed by atoms with Crippen LogP contribution >= 0.6 is 0 Å². The second kappa shape index (κ2) is 5.09. The van der Waals surface area contributed by atoms with E-state index in [0.29, 0.717) is 0 Å². The Morgan fingerprint density at radius 3 is 2.82 bits per heavy atom. The van der Waals surface area contributed by atoms with Crippen molar-refractivity contribution in [1.29, 1.82) is 0 Å². The first-order chi connectivity index (χ1) is 8.19. The molecule has 1 heterocycles. The van der Waals surface area contributed by atoms with Gasteiger partial charge in [-0.05, 0) is 51.0 Å². The Morgan fingerprint density at radius 1 is 1.29 bits per heavy atom. The van der Waals surface area contributed by atoms with E-state index in [1.54, 1.807) is 7.11 Å². The fourth-order valence-corrected chi connectivity index (χ4v) is 1.95. The largest absolute Gasteiger partial charge is 0.497 e. The minimum atomic E-state index is 0.910. The van der Waals surface area contributed by atoms with E-state index in [1.807, 2.05) is 6.07 Å². The number of H-pyrrole nitrogens is 1. The molecule has 2 aromatic rings. The SMILES string of the molecule is COc1ccc2[nH]c(CCC=C(C)C)cc2c1. The second-order valence-corrected chi connectivity index (χ2v) is 4.57. The summed E-state index contributed by atoms with van der Waals surface area (Å²) in [5.74, 6) is 0.910. The van der Waals surface area contributed by atoms with Crippen LogP contribution < -0.4 is 4.74 Å². The zero-order valence-corrected chi connectivity index (χ0v) is 10.7. The van der Waals surface area contributed by atoms with Gasteiger partial charge in [0.2, 0.25) is 0 Å².